The molecule has 0 aliphatic carbocycles. The molecule has 0 saturated heterocycles. The van der Waals surface area contributed by atoms with Gasteiger partial charge >= 0.3 is 0 Å². The van der Waals surface area contributed by atoms with E-state index < -0.39 is 0 Å². The van der Waals surface area contributed by atoms with Crippen molar-refractivity contribution in [1.82, 2.24) is 14.9 Å². The largest absolute Gasteiger partial charge is 0.338 e. The average molecular weight is 251 g/mol. The van der Waals surface area contributed by atoms with Gasteiger partial charge in [0.15, 0.2) is 0 Å². The number of hydrogen-bond donors (Lipinski definition) is 1. The van der Waals surface area contributed by atoms with Crippen LogP contribution in [0, 0.1) is 5.41 Å². The molecule has 1 aromatic rings. The topological polar surface area (TPSA) is 29.9 Å². The number of aromatic nitrogens is 2. The Morgan fingerprint density at radius 3 is 2.61 bits per heavy atom. The predicted molar refractivity (Wildman–Crippen MR) is 77.7 cm³/mol. The molecule has 1 atom stereocenters. The maximum Gasteiger partial charge on any atom is 0.108 e. The van der Waals surface area contributed by atoms with E-state index in [0.29, 0.717) is 11.5 Å². The molecule has 3 nitrogen and oxygen atoms in total. The summed E-state index contributed by atoms with van der Waals surface area (Å²) in [4.78, 5) is 4.41. The third-order valence-corrected chi connectivity index (χ3v) is 4.07. The van der Waals surface area contributed by atoms with E-state index in [-0.39, 0.29) is 0 Å². The van der Waals surface area contributed by atoms with Crippen LogP contribution in [-0.2, 0) is 13.5 Å². The van der Waals surface area contributed by atoms with Crippen molar-refractivity contribution in [3.8, 4) is 0 Å². The number of imidazole rings is 1. The molecule has 0 bridgehead atoms. The minimum Gasteiger partial charge on any atom is -0.338 e. The average Bonchev–Trinajstić information content (AvgIpc) is 2.75. The lowest BCUT2D eigenvalue weighted by Crippen LogP contribution is -2.42. The maximum atomic E-state index is 4.41. The van der Waals surface area contributed by atoms with Gasteiger partial charge < -0.3 is 9.88 Å². The molecule has 18 heavy (non-hydrogen) atoms. The fourth-order valence-electron chi connectivity index (χ4n) is 2.24. The molecule has 0 aliphatic rings. The second-order valence-corrected chi connectivity index (χ2v) is 5.84. The zero-order valence-electron chi connectivity index (χ0n) is 12.7. The second kappa shape index (κ2) is 6.93. The van der Waals surface area contributed by atoms with E-state index in [1.54, 1.807) is 0 Å². The normalized spacial score (nSPS) is 13.8. The van der Waals surface area contributed by atoms with E-state index in [9.17, 15) is 0 Å². The number of nitrogens with zero attached hydrogens (tertiary/aromatic N) is 2. The van der Waals surface area contributed by atoms with Gasteiger partial charge in [0, 0.05) is 31.9 Å². The summed E-state index contributed by atoms with van der Waals surface area (Å²) >= 11 is 0. The minimum atomic E-state index is 0.348. The molecule has 0 radical (unpaired) electrons. The molecule has 1 heterocycles. The van der Waals surface area contributed by atoms with Crippen molar-refractivity contribution in [2.24, 2.45) is 12.5 Å². The lowest BCUT2D eigenvalue weighted by Gasteiger charge is -2.34. The summed E-state index contributed by atoms with van der Waals surface area (Å²) < 4.78 is 2.12. The van der Waals surface area contributed by atoms with E-state index in [0.717, 1.165) is 19.4 Å². The summed E-state index contributed by atoms with van der Waals surface area (Å²) in [6.07, 6.45) is 8.51. The van der Waals surface area contributed by atoms with Crippen molar-refractivity contribution >= 4 is 0 Å². The summed E-state index contributed by atoms with van der Waals surface area (Å²) in [6, 6.07) is 0.569. The van der Waals surface area contributed by atoms with Crippen LogP contribution in [0.2, 0.25) is 0 Å². The van der Waals surface area contributed by atoms with Crippen molar-refractivity contribution in [3.05, 3.63) is 18.2 Å². The molecular formula is C15H29N3. The smallest absolute Gasteiger partial charge is 0.108 e. The summed E-state index contributed by atoms with van der Waals surface area (Å²) in [5.74, 6) is 1.19. The van der Waals surface area contributed by atoms with Crippen LogP contribution in [0.3, 0.4) is 0 Å². The van der Waals surface area contributed by atoms with Gasteiger partial charge in [0.25, 0.3) is 0 Å². The number of hydrogen-bond acceptors (Lipinski definition) is 2. The van der Waals surface area contributed by atoms with Crippen LogP contribution >= 0.6 is 0 Å². The Labute approximate surface area is 112 Å². The molecule has 0 aromatic carbocycles. The molecule has 1 aromatic heterocycles. The Bertz CT molecular complexity index is 341. The maximum absolute atomic E-state index is 4.41. The van der Waals surface area contributed by atoms with Crippen molar-refractivity contribution in [3.63, 3.8) is 0 Å². The molecule has 104 valence electrons. The lowest BCUT2D eigenvalue weighted by atomic mass is 9.79. The molecule has 0 amide bonds. The van der Waals surface area contributed by atoms with Crippen LogP contribution in [0.15, 0.2) is 12.4 Å². The Kier molecular flexibility index (Phi) is 5.86. The second-order valence-electron chi connectivity index (χ2n) is 5.84. The molecule has 0 saturated carbocycles. The first kappa shape index (κ1) is 15.2. The highest BCUT2D eigenvalue weighted by atomic mass is 15.0. The first-order valence-electron chi connectivity index (χ1n) is 7.20. The molecule has 0 spiro atoms. The van der Waals surface area contributed by atoms with Crippen molar-refractivity contribution in [1.29, 1.82) is 0 Å². The van der Waals surface area contributed by atoms with Crippen LogP contribution < -0.4 is 5.32 Å². The number of aryl methyl sites for hydroxylation is 2. The number of nitrogens with one attached hydrogen (secondary N) is 1. The standard InChI is InChI=1S/C15H29N3/c1-6-10-16-13(15(3,4)7-2)8-9-14-17-11-12-18(14)5/h11-13,16H,6-10H2,1-5H3. The SMILES string of the molecule is CCCNC(CCc1nccn1C)C(C)(C)CC. The quantitative estimate of drug-likeness (QED) is 0.769. The minimum absolute atomic E-state index is 0.348. The molecule has 3 heteroatoms. The third-order valence-electron chi connectivity index (χ3n) is 4.07. The molecule has 0 fully saturated rings. The van der Waals surface area contributed by atoms with Gasteiger partial charge in [-0.15, -0.1) is 0 Å². The van der Waals surface area contributed by atoms with Crippen molar-refractivity contribution in [2.75, 3.05) is 6.54 Å². The highest BCUT2D eigenvalue weighted by Gasteiger charge is 2.27. The Hall–Kier alpha value is -0.830. The van der Waals surface area contributed by atoms with E-state index in [1.807, 2.05) is 12.4 Å². The monoisotopic (exact) mass is 251 g/mol. The third kappa shape index (κ3) is 4.13. The summed E-state index contributed by atoms with van der Waals surface area (Å²) in [5.41, 5.74) is 0.348. The molecule has 1 N–H and O–H groups in total. The molecular weight excluding hydrogens is 222 g/mol. The highest BCUT2D eigenvalue weighted by molar-refractivity contribution is 4.94. The van der Waals surface area contributed by atoms with Gasteiger partial charge in [-0.25, -0.2) is 4.98 Å². The predicted octanol–water partition coefficient (Wildman–Crippen LogP) is 3.16. The van der Waals surface area contributed by atoms with Gasteiger partial charge in [-0.2, -0.15) is 0 Å². The Morgan fingerprint density at radius 1 is 1.39 bits per heavy atom. The summed E-state index contributed by atoms with van der Waals surface area (Å²) in [5, 5.41) is 3.71. The van der Waals surface area contributed by atoms with Gasteiger partial charge in [0.2, 0.25) is 0 Å². The van der Waals surface area contributed by atoms with Gasteiger partial charge in [-0.05, 0) is 31.2 Å². The summed E-state index contributed by atoms with van der Waals surface area (Å²) in [7, 11) is 2.07. The van der Waals surface area contributed by atoms with Crippen molar-refractivity contribution < 1.29 is 0 Å². The first-order valence-corrected chi connectivity index (χ1v) is 7.20. The van der Waals surface area contributed by atoms with Crippen LogP contribution in [-0.4, -0.2) is 22.1 Å². The van der Waals surface area contributed by atoms with Crippen LogP contribution in [0.25, 0.3) is 0 Å². The lowest BCUT2D eigenvalue weighted by molar-refractivity contribution is 0.219. The summed E-state index contributed by atoms with van der Waals surface area (Å²) in [6.45, 7) is 10.3. The van der Waals surface area contributed by atoms with E-state index in [4.69, 9.17) is 0 Å². The molecule has 0 aliphatic heterocycles. The Balaban J connectivity index is 2.58. The zero-order chi connectivity index (χ0) is 13.6. The zero-order valence-corrected chi connectivity index (χ0v) is 12.7. The highest BCUT2D eigenvalue weighted by Crippen LogP contribution is 2.27. The fourth-order valence-corrected chi connectivity index (χ4v) is 2.24. The van der Waals surface area contributed by atoms with E-state index >= 15 is 0 Å². The van der Waals surface area contributed by atoms with Crippen LogP contribution in [0.1, 0.15) is 52.8 Å². The molecule has 1 unspecified atom stereocenters. The van der Waals surface area contributed by atoms with Gasteiger partial charge in [-0.1, -0.05) is 27.7 Å². The fraction of sp³-hybridized carbons (Fsp3) is 0.800. The first-order chi connectivity index (χ1) is 8.51. The van der Waals surface area contributed by atoms with E-state index in [1.165, 1.54) is 18.7 Å². The van der Waals surface area contributed by atoms with Crippen molar-refractivity contribution in [2.45, 2.75) is 59.4 Å². The van der Waals surface area contributed by atoms with Gasteiger partial charge in [0.05, 0.1) is 0 Å². The van der Waals surface area contributed by atoms with Gasteiger partial charge in [0.1, 0.15) is 5.82 Å². The Morgan fingerprint density at radius 2 is 2.11 bits per heavy atom. The number of rotatable bonds is 8. The van der Waals surface area contributed by atoms with Gasteiger partial charge in [-0.3, -0.25) is 0 Å². The van der Waals surface area contributed by atoms with E-state index in [2.05, 4.69) is 49.6 Å². The van der Waals surface area contributed by atoms with Crippen LogP contribution in [0.4, 0.5) is 0 Å². The van der Waals surface area contributed by atoms with Crippen LogP contribution in [0.5, 0.6) is 0 Å². The molecule has 1 rings (SSSR count).